The number of hydrogen-bond donors (Lipinski definition) is 0. The Morgan fingerprint density at radius 2 is 2.37 bits per heavy atom. The van der Waals surface area contributed by atoms with Gasteiger partial charge in [0.1, 0.15) is 5.76 Å². The average molecular weight is 413 g/mol. The predicted octanol–water partition coefficient (Wildman–Crippen LogP) is 4.11. The number of aromatic nitrogens is 2. The molecular formula is C23H32N4O3. The maximum atomic E-state index is 12.4. The number of carbonyl (C=O) groups is 1. The quantitative estimate of drug-likeness (QED) is 0.236. The van der Waals surface area contributed by atoms with Gasteiger partial charge in [0, 0.05) is 37.6 Å². The fourth-order valence-corrected chi connectivity index (χ4v) is 3.14. The van der Waals surface area contributed by atoms with Gasteiger partial charge in [0.2, 0.25) is 0 Å². The number of carbonyl (C=O) groups excluding carboxylic acids is 1. The molecule has 162 valence electrons. The van der Waals surface area contributed by atoms with Crippen LogP contribution >= 0.6 is 0 Å². The first-order valence-electron chi connectivity index (χ1n) is 10.6. The molecule has 1 amide bonds. The van der Waals surface area contributed by atoms with E-state index in [1.54, 1.807) is 18.4 Å². The minimum atomic E-state index is -0.331. The summed E-state index contributed by atoms with van der Waals surface area (Å²) in [6, 6.07) is 3.90. The number of ether oxygens (including phenoxy) is 2. The van der Waals surface area contributed by atoms with Gasteiger partial charge in [-0.3, -0.25) is 9.48 Å². The number of hydrogen-bond acceptors (Lipinski definition) is 5. The smallest absolute Gasteiger partial charge is 0.297 e. The summed E-state index contributed by atoms with van der Waals surface area (Å²) < 4.78 is 13.3. The molecular weight excluding hydrogens is 380 g/mol. The van der Waals surface area contributed by atoms with Crippen molar-refractivity contribution in [2.24, 2.45) is 16.8 Å². The molecule has 1 aromatic heterocycles. The van der Waals surface area contributed by atoms with Gasteiger partial charge in [-0.15, -0.1) is 0 Å². The zero-order valence-corrected chi connectivity index (χ0v) is 18.2. The molecule has 2 unspecified atom stereocenters. The summed E-state index contributed by atoms with van der Waals surface area (Å²) in [6.45, 7) is 8.67. The Morgan fingerprint density at radius 1 is 1.53 bits per heavy atom. The second-order valence-corrected chi connectivity index (χ2v) is 7.51. The Balaban J connectivity index is 1.85. The van der Waals surface area contributed by atoms with Crippen molar-refractivity contribution >= 4 is 12.1 Å². The van der Waals surface area contributed by atoms with Crippen molar-refractivity contribution in [3.8, 4) is 6.07 Å². The third kappa shape index (κ3) is 7.60. The first-order valence-corrected chi connectivity index (χ1v) is 10.6. The molecule has 0 bridgehead atoms. The normalized spacial score (nSPS) is 17.8. The van der Waals surface area contributed by atoms with Gasteiger partial charge in [-0.2, -0.15) is 10.4 Å². The van der Waals surface area contributed by atoms with E-state index in [2.05, 4.69) is 17.0 Å². The Hall–Kier alpha value is -2.72. The summed E-state index contributed by atoms with van der Waals surface area (Å²) in [6.07, 6.45) is 10.2. The van der Waals surface area contributed by atoms with E-state index in [0.29, 0.717) is 30.4 Å². The molecule has 0 aromatic carbocycles. The molecule has 7 nitrogen and oxygen atoms in total. The van der Waals surface area contributed by atoms with Crippen LogP contribution in [0.1, 0.15) is 56.2 Å². The van der Waals surface area contributed by atoms with Gasteiger partial charge < -0.3 is 9.47 Å². The fraction of sp³-hybridized carbons (Fsp3) is 0.565. The summed E-state index contributed by atoms with van der Waals surface area (Å²) in [7, 11) is 0. The van der Waals surface area contributed by atoms with Crippen molar-refractivity contribution < 1.29 is 14.3 Å². The van der Waals surface area contributed by atoms with Crippen LogP contribution in [0.2, 0.25) is 0 Å². The van der Waals surface area contributed by atoms with E-state index in [4.69, 9.17) is 14.7 Å². The Kier molecular flexibility index (Phi) is 10.0. The molecule has 30 heavy (non-hydrogen) atoms. The molecule has 1 aliphatic heterocycles. The lowest BCUT2D eigenvalue weighted by molar-refractivity contribution is 0.0893. The van der Waals surface area contributed by atoms with Crippen LogP contribution in [0.5, 0.6) is 0 Å². The number of nitrogens with zero attached hydrogens (tertiary/aromatic N) is 4. The molecule has 0 saturated heterocycles. The molecule has 1 aliphatic rings. The predicted molar refractivity (Wildman–Crippen MR) is 116 cm³/mol. The number of amides is 1. The summed E-state index contributed by atoms with van der Waals surface area (Å²) in [5, 5.41) is 13.0. The molecule has 0 aliphatic carbocycles. The van der Waals surface area contributed by atoms with Gasteiger partial charge in [-0.1, -0.05) is 19.9 Å². The first kappa shape index (κ1) is 23.6. The summed E-state index contributed by atoms with van der Waals surface area (Å²) >= 11 is 0. The van der Waals surface area contributed by atoms with Gasteiger partial charge in [0.15, 0.2) is 5.69 Å². The number of aryl methyl sites for hydroxylation is 1. The highest BCUT2D eigenvalue weighted by Gasteiger charge is 2.22. The van der Waals surface area contributed by atoms with Crippen molar-refractivity contribution in [2.45, 2.75) is 53.0 Å². The van der Waals surface area contributed by atoms with E-state index in [1.807, 2.05) is 36.7 Å². The molecule has 1 aromatic rings. The van der Waals surface area contributed by atoms with Crippen LogP contribution in [0.3, 0.4) is 0 Å². The van der Waals surface area contributed by atoms with Gasteiger partial charge in [-0.05, 0) is 50.3 Å². The van der Waals surface area contributed by atoms with Crippen molar-refractivity contribution in [2.75, 3.05) is 19.8 Å². The molecule has 7 heteroatoms. The van der Waals surface area contributed by atoms with Gasteiger partial charge in [-0.25, -0.2) is 4.99 Å². The van der Waals surface area contributed by atoms with Crippen LogP contribution in [0.4, 0.5) is 0 Å². The third-order valence-electron chi connectivity index (χ3n) is 4.77. The van der Waals surface area contributed by atoms with E-state index >= 15 is 0 Å². The van der Waals surface area contributed by atoms with Crippen LogP contribution in [0, 0.1) is 23.2 Å². The largest absolute Gasteiger partial charge is 0.493 e. The number of allylic oxidation sites excluding steroid dienone is 3. The van der Waals surface area contributed by atoms with Crippen LogP contribution in [-0.2, 0) is 22.4 Å². The van der Waals surface area contributed by atoms with Crippen molar-refractivity contribution in [1.82, 2.24) is 9.78 Å². The third-order valence-corrected chi connectivity index (χ3v) is 4.77. The maximum Gasteiger partial charge on any atom is 0.297 e. The lowest BCUT2D eigenvalue weighted by Crippen LogP contribution is -2.23. The summed E-state index contributed by atoms with van der Waals surface area (Å²) in [4.78, 5) is 16.5. The Bertz CT molecular complexity index is 817. The maximum absolute atomic E-state index is 12.4. The minimum Gasteiger partial charge on any atom is -0.493 e. The number of fused-ring (bicyclic) bond motifs is 1. The van der Waals surface area contributed by atoms with Crippen LogP contribution in [-0.4, -0.2) is 41.7 Å². The lowest BCUT2D eigenvalue weighted by atomic mass is 9.97. The van der Waals surface area contributed by atoms with E-state index in [9.17, 15) is 4.79 Å². The SMILES string of the molecule is C/C=C(\C=C/CC#N)OCC(C)/C=N\C(=O)c1cc2n(n1)CCC(COCCC)C2. The number of nitriles is 1. The highest BCUT2D eigenvalue weighted by Crippen LogP contribution is 2.21. The van der Waals surface area contributed by atoms with Crippen LogP contribution in [0.25, 0.3) is 0 Å². The molecule has 0 spiro atoms. The topological polar surface area (TPSA) is 89.5 Å². The average Bonchev–Trinajstić information content (AvgIpc) is 3.18. The van der Waals surface area contributed by atoms with Crippen LogP contribution in [0.15, 0.2) is 35.0 Å². The zero-order chi connectivity index (χ0) is 21.8. The molecule has 2 rings (SSSR count). The Morgan fingerprint density at radius 3 is 3.10 bits per heavy atom. The zero-order valence-electron chi connectivity index (χ0n) is 18.2. The number of rotatable bonds is 11. The van der Waals surface area contributed by atoms with Crippen molar-refractivity contribution in [3.63, 3.8) is 0 Å². The minimum absolute atomic E-state index is 0.0365. The second kappa shape index (κ2) is 12.8. The highest BCUT2D eigenvalue weighted by atomic mass is 16.5. The first-order chi connectivity index (χ1) is 14.6. The summed E-state index contributed by atoms with van der Waals surface area (Å²) in [5.74, 6) is 0.803. The van der Waals surface area contributed by atoms with E-state index in [1.165, 1.54) is 0 Å². The monoisotopic (exact) mass is 412 g/mol. The molecule has 0 saturated carbocycles. The summed E-state index contributed by atoms with van der Waals surface area (Å²) in [5.41, 5.74) is 1.46. The molecule has 0 N–H and O–H groups in total. The molecule has 0 fully saturated rings. The standard InChI is InChI=1S/C23H32N4O3/c1-4-12-29-17-19-9-11-27-20(13-19)14-22(26-27)23(28)25-15-18(3)16-30-21(5-2)8-6-7-10-24/h5-6,8,14-15,18-19H,4,7,9,11-13,16-17H2,1-3H3/b8-6-,21-5+,25-15-. The molecule has 2 heterocycles. The van der Waals surface area contributed by atoms with Crippen molar-refractivity contribution in [3.05, 3.63) is 41.4 Å². The van der Waals surface area contributed by atoms with E-state index in [0.717, 1.165) is 44.7 Å². The molecule has 2 atom stereocenters. The van der Waals surface area contributed by atoms with Crippen LogP contribution < -0.4 is 0 Å². The second-order valence-electron chi connectivity index (χ2n) is 7.51. The van der Waals surface area contributed by atoms with E-state index < -0.39 is 0 Å². The van der Waals surface area contributed by atoms with Gasteiger partial charge in [0.05, 0.1) is 19.1 Å². The highest BCUT2D eigenvalue weighted by molar-refractivity contribution is 5.97. The Labute approximate surface area is 179 Å². The van der Waals surface area contributed by atoms with Gasteiger partial charge in [0.25, 0.3) is 5.91 Å². The van der Waals surface area contributed by atoms with E-state index in [-0.39, 0.29) is 11.8 Å². The fourth-order valence-electron chi connectivity index (χ4n) is 3.14. The molecule has 0 radical (unpaired) electrons. The number of aliphatic imine (C=N–C) groups is 1. The van der Waals surface area contributed by atoms with Crippen molar-refractivity contribution in [1.29, 1.82) is 5.26 Å². The van der Waals surface area contributed by atoms with Gasteiger partial charge >= 0.3 is 0 Å². The lowest BCUT2D eigenvalue weighted by Gasteiger charge is -2.22.